The van der Waals surface area contributed by atoms with Gasteiger partial charge in [-0.15, -0.1) is 0 Å². The predicted molar refractivity (Wildman–Crippen MR) is 74.2 cm³/mol. The van der Waals surface area contributed by atoms with Gasteiger partial charge in [0, 0.05) is 18.2 Å². The van der Waals surface area contributed by atoms with Crippen LogP contribution in [-0.2, 0) is 11.2 Å². The number of halogens is 1. The van der Waals surface area contributed by atoms with Crippen LogP contribution in [0.1, 0.15) is 35.6 Å². The van der Waals surface area contributed by atoms with Gasteiger partial charge < -0.3 is 4.74 Å². The molecule has 20 heavy (non-hydrogen) atoms. The predicted octanol–water partition coefficient (Wildman–Crippen LogP) is 2.36. The maximum Gasteiger partial charge on any atom is 0.341 e. The molecule has 0 spiro atoms. The lowest BCUT2D eigenvalue weighted by Crippen LogP contribution is -2.07. The largest absolute Gasteiger partial charge is 0.462 e. The highest BCUT2D eigenvalue weighted by atomic mass is 35.5. The second-order valence-corrected chi connectivity index (χ2v) is 4.48. The summed E-state index contributed by atoms with van der Waals surface area (Å²) in [6, 6.07) is 0. The van der Waals surface area contributed by atoms with Crippen molar-refractivity contribution in [2.45, 2.75) is 27.2 Å². The van der Waals surface area contributed by atoms with Gasteiger partial charge in [0.1, 0.15) is 11.0 Å². The van der Waals surface area contributed by atoms with E-state index in [4.69, 9.17) is 16.3 Å². The van der Waals surface area contributed by atoms with Crippen molar-refractivity contribution in [3.05, 3.63) is 34.5 Å². The Bertz CT molecular complexity index is 639. The molecule has 0 atom stereocenters. The van der Waals surface area contributed by atoms with E-state index in [1.807, 2.05) is 13.8 Å². The first-order chi connectivity index (χ1) is 9.56. The number of carbonyl (C=O) groups is 1. The molecule has 6 nitrogen and oxygen atoms in total. The average Bonchev–Trinajstić information content (AvgIpc) is 2.91. The average molecular weight is 295 g/mol. The standard InChI is InChI=1S/C13H15ClN4O2/c1-4-10-16-11(14)8(3)12(17-10)18-7-9(6-15-18)13(19)20-5-2/h6-7H,4-5H2,1-3H3. The highest BCUT2D eigenvalue weighted by Gasteiger charge is 2.14. The molecule has 2 heterocycles. The molecule has 2 aromatic rings. The van der Waals surface area contributed by atoms with E-state index in [1.165, 1.54) is 10.9 Å². The number of esters is 1. The Balaban J connectivity index is 2.42. The molecule has 2 rings (SSSR count). The maximum absolute atomic E-state index is 11.6. The molecule has 0 fully saturated rings. The van der Waals surface area contributed by atoms with Crippen LogP contribution in [0.3, 0.4) is 0 Å². The van der Waals surface area contributed by atoms with Crippen molar-refractivity contribution in [2.24, 2.45) is 0 Å². The molecule has 0 saturated carbocycles. The molecule has 0 radical (unpaired) electrons. The Morgan fingerprint density at radius 1 is 1.40 bits per heavy atom. The molecule has 0 aromatic carbocycles. The van der Waals surface area contributed by atoms with Crippen LogP contribution in [0.25, 0.3) is 5.82 Å². The zero-order valence-electron chi connectivity index (χ0n) is 11.6. The molecular weight excluding hydrogens is 280 g/mol. The van der Waals surface area contributed by atoms with Gasteiger partial charge in [-0.3, -0.25) is 0 Å². The maximum atomic E-state index is 11.6. The van der Waals surface area contributed by atoms with Crippen molar-refractivity contribution in [1.29, 1.82) is 0 Å². The summed E-state index contributed by atoms with van der Waals surface area (Å²) < 4.78 is 6.43. The zero-order valence-corrected chi connectivity index (χ0v) is 12.3. The first-order valence-electron chi connectivity index (χ1n) is 6.32. The monoisotopic (exact) mass is 294 g/mol. The molecule has 0 unspecified atom stereocenters. The van der Waals surface area contributed by atoms with E-state index in [2.05, 4.69) is 15.1 Å². The van der Waals surface area contributed by atoms with E-state index in [0.29, 0.717) is 40.9 Å². The molecule has 0 aliphatic heterocycles. The summed E-state index contributed by atoms with van der Waals surface area (Å²) in [5, 5.41) is 4.52. The van der Waals surface area contributed by atoms with Gasteiger partial charge in [0.05, 0.1) is 18.4 Å². The molecule has 0 saturated heterocycles. The number of ether oxygens (including phenoxy) is 1. The Morgan fingerprint density at radius 2 is 2.15 bits per heavy atom. The molecule has 7 heteroatoms. The summed E-state index contributed by atoms with van der Waals surface area (Å²) in [4.78, 5) is 20.2. The summed E-state index contributed by atoms with van der Waals surface area (Å²) in [5.74, 6) is 0.786. The fourth-order valence-electron chi connectivity index (χ4n) is 1.66. The minimum absolute atomic E-state index is 0.322. The molecule has 2 aromatic heterocycles. The molecular formula is C13H15ClN4O2. The normalized spacial score (nSPS) is 10.6. The summed E-state index contributed by atoms with van der Waals surface area (Å²) in [7, 11) is 0. The number of aryl methyl sites for hydroxylation is 1. The molecule has 0 bridgehead atoms. The van der Waals surface area contributed by atoms with Crippen molar-refractivity contribution >= 4 is 17.6 Å². The van der Waals surface area contributed by atoms with Crippen LogP contribution in [0, 0.1) is 6.92 Å². The number of carbonyl (C=O) groups excluding carboxylic acids is 1. The third-order valence-electron chi connectivity index (χ3n) is 2.73. The number of hydrogen-bond acceptors (Lipinski definition) is 5. The quantitative estimate of drug-likeness (QED) is 0.639. The van der Waals surface area contributed by atoms with Crippen LogP contribution < -0.4 is 0 Å². The van der Waals surface area contributed by atoms with Crippen LogP contribution in [0.2, 0.25) is 5.15 Å². The first-order valence-corrected chi connectivity index (χ1v) is 6.69. The van der Waals surface area contributed by atoms with Crippen molar-refractivity contribution in [3.8, 4) is 5.82 Å². The third-order valence-corrected chi connectivity index (χ3v) is 3.10. The van der Waals surface area contributed by atoms with E-state index in [0.717, 1.165) is 0 Å². The van der Waals surface area contributed by atoms with Gasteiger partial charge in [-0.05, 0) is 13.8 Å². The SMILES string of the molecule is CCOC(=O)c1cnn(-c2nc(CC)nc(Cl)c2C)c1. The second-order valence-electron chi connectivity index (χ2n) is 4.13. The second kappa shape index (κ2) is 6.00. The molecule has 0 aliphatic carbocycles. The molecule has 0 aliphatic rings. The number of nitrogens with zero attached hydrogens (tertiary/aromatic N) is 4. The van der Waals surface area contributed by atoms with Gasteiger partial charge in [-0.2, -0.15) is 5.10 Å². The van der Waals surface area contributed by atoms with Gasteiger partial charge >= 0.3 is 5.97 Å². The van der Waals surface area contributed by atoms with Crippen LogP contribution in [0.5, 0.6) is 0 Å². The number of aromatic nitrogens is 4. The lowest BCUT2D eigenvalue weighted by molar-refractivity contribution is 0.0526. The highest BCUT2D eigenvalue weighted by Crippen LogP contribution is 2.19. The Labute approximate surface area is 121 Å². The lowest BCUT2D eigenvalue weighted by Gasteiger charge is -2.07. The van der Waals surface area contributed by atoms with Crippen LogP contribution in [-0.4, -0.2) is 32.3 Å². The zero-order chi connectivity index (χ0) is 14.7. The number of rotatable bonds is 4. The number of hydrogen-bond donors (Lipinski definition) is 0. The smallest absolute Gasteiger partial charge is 0.341 e. The van der Waals surface area contributed by atoms with Gasteiger partial charge in [-0.1, -0.05) is 18.5 Å². The van der Waals surface area contributed by atoms with Crippen molar-refractivity contribution in [1.82, 2.24) is 19.7 Å². The van der Waals surface area contributed by atoms with Crippen molar-refractivity contribution in [2.75, 3.05) is 6.61 Å². The van der Waals surface area contributed by atoms with E-state index < -0.39 is 5.97 Å². The summed E-state index contributed by atoms with van der Waals surface area (Å²) in [5.41, 5.74) is 1.08. The van der Waals surface area contributed by atoms with E-state index in [-0.39, 0.29) is 0 Å². The Morgan fingerprint density at radius 3 is 2.80 bits per heavy atom. The summed E-state index contributed by atoms with van der Waals surface area (Å²) in [6.07, 6.45) is 3.68. The minimum atomic E-state index is -0.410. The fourth-order valence-corrected chi connectivity index (χ4v) is 1.84. The van der Waals surface area contributed by atoms with Gasteiger partial charge in [0.25, 0.3) is 0 Å². The minimum Gasteiger partial charge on any atom is -0.462 e. The molecule has 0 N–H and O–H groups in total. The van der Waals surface area contributed by atoms with Gasteiger partial charge in [0.15, 0.2) is 5.82 Å². The van der Waals surface area contributed by atoms with Crippen LogP contribution in [0.15, 0.2) is 12.4 Å². The van der Waals surface area contributed by atoms with Crippen molar-refractivity contribution in [3.63, 3.8) is 0 Å². The summed E-state index contributed by atoms with van der Waals surface area (Å²) >= 11 is 6.08. The molecule has 106 valence electrons. The Kier molecular flexibility index (Phi) is 4.34. The topological polar surface area (TPSA) is 69.9 Å². The third kappa shape index (κ3) is 2.80. The van der Waals surface area contributed by atoms with E-state index in [9.17, 15) is 4.79 Å². The fraction of sp³-hybridized carbons (Fsp3) is 0.385. The first kappa shape index (κ1) is 14.5. The van der Waals surface area contributed by atoms with Crippen molar-refractivity contribution < 1.29 is 9.53 Å². The van der Waals surface area contributed by atoms with E-state index >= 15 is 0 Å². The van der Waals surface area contributed by atoms with Gasteiger partial charge in [-0.25, -0.2) is 19.4 Å². The van der Waals surface area contributed by atoms with Crippen LogP contribution >= 0.6 is 11.6 Å². The van der Waals surface area contributed by atoms with Crippen LogP contribution in [0.4, 0.5) is 0 Å². The van der Waals surface area contributed by atoms with Gasteiger partial charge in [0.2, 0.25) is 0 Å². The lowest BCUT2D eigenvalue weighted by atomic mass is 10.3. The molecule has 0 amide bonds. The summed E-state index contributed by atoms with van der Waals surface area (Å²) in [6.45, 7) is 5.83. The highest BCUT2D eigenvalue weighted by molar-refractivity contribution is 6.30. The van der Waals surface area contributed by atoms with E-state index in [1.54, 1.807) is 13.1 Å². The Hall–Kier alpha value is -1.95.